The number of alkyl halides is 1. The molecule has 0 aliphatic rings. The van der Waals surface area contributed by atoms with Gasteiger partial charge in [0.05, 0.1) is 6.10 Å². The molecule has 1 unspecified atom stereocenters. The Morgan fingerprint density at radius 2 is 1.72 bits per heavy atom. The van der Waals surface area contributed by atoms with Gasteiger partial charge in [-0.05, 0) is 30.1 Å². The molecule has 1 rings (SSSR count). The van der Waals surface area contributed by atoms with E-state index < -0.39 is 8.32 Å². The van der Waals surface area contributed by atoms with Crippen LogP contribution in [-0.2, 0) is 4.43 Å². The van der Waals surface area contributed by atoms with Crippen LogP contribution in [0.25, 0.3) is 0 Å². The highest BCUT2D eigenvalue weighted by Gasteiger charge is 2.39. The number of hydrogen-bond donors (Lipinski definition) is 0. The van der Waals surface area contributed by atoms with Crippen LogP contribution in [0, 0.1) is 0 Å². The molecule has 1 nitrogen and oxygen atoms in total. The van der Waals surface area contributed by atoms with Crippen molar-refractivity contribution in [2.75, 3.05) is 4.43 Å². The van der Waals surface area contributed by atoms with Crippen LogP contribution in [-0.4, -0.2) is 12.7 Å². The molecular weight excluding hydrogens is 351 g/mol. The first-order chi connectivity index (χ1) is 8.28. The Kier molecular flexibility index (Phi) is 5.87. The molecule has 0 fully saturated rings. The van der Waals surface area contributed by atoms with E-state index in [9.17, 15) is 0 Å². The molecule has 0 amide bonds. The first-order valence-corrected chi connectivity index (χ1v) is 11.0. The largest absolute Gasteiger partial charge is 0.410 e. The van der Waals surface area contributed by atoms with Crippen LogP contribution in [0.3, 0.4) is 0 Å². The van der Waals surface area contributed by atoms with Crippen LogP contribution in [0.2, 0.25) is 18.1 Å². The molecule has 1 aromatic carbocycles. The van der Waals surface area contributed by atoms with Gasteiger partial charge in [0, 0.05) is 4.43 Å². The predicted molar refractivity (Wildman–Crippen MR) is 91.0 cm³/mol. The third-order valence-electron chi connectivity index (χ3n) is 3.79. The van der Waals surface area contributed by atoms with Crippen molar-refractivity contribution in [3.63, 3.8) is 0 Å². The summed E-state index contributed by atoms with van der Waals surface area (Å²) in [5, 5.41) is 0.269. The summed E-state index contributed by atoms with van der Waals surface area (Å²) >= 11 is 2.44. The summed E-state index contributed by atoms with van der Waals surface area (Å²) in [4.78, 5) is 0. The minimum atomic E-state index is -1.69. The van der Waals surface area contributed by atoms with E-state index in [-0.39, 0.29) is 11.1 Å². The van der Waals surface area contributed by atoms with Gasteiger partial charge in [0.2, 0.25) is 0 Å². The van der Waals surface area contributed by atoms with Gasteiger partial charge in [-0.2, -0.15) is 0 Å². The molecule has 0 radical (unpaired) electrons. The highest BCUT2D eigenvalue weighted by atomic mass is 127. The van der Waals surface area contributed by atoms with Crippen molar-refractivity contribution in [3.8, 4) is 0 Å². The van der Waals surface area contributed by atoms with Gasteiger partial charge >= 0.3 is 0 Å². The molecule has 0 heterocycles. The van der Waals surface area contributed by atoms with Crippen molar-refractivity contribution in [2.24, 2.45) is 0 Å². The number of halogens is 1. The van der Waals surface area contributed by atoms with Crippen LogP contribution in [0.15, 0.2) is 30.3 Å². The minimum absolute atomic E-state index is 0.254. The van der Waals surface area contributed by atoms with E-state index >= 15 is 0 Å². The average molecular weight is 376 g/mol. The van der Waals surface area contributed by atoms with E-state index in [0.717, 1.165) is 10.8 Å². The van der Waals surface area contributed by atoms with E-state index in [0.29, 0.717) is 0 Å². The smallest absolute Gasteiger partial charge is 0.192 e. The minimum Gasteiger partial charge on any atom is -0.410 e. The molecule has 0 saturated heterocycles. The van der Waals surface area contributed by atoms with E-state index in [2.05, 4.69) is 86.8 Å². The zero-order valence-corrected chi connectivity index (χ0v) is 15.3. The number of benzene rings is 1. The average Bonchev–Trinajstić information content (AvgIpc) is 2.28. The summed E-state index contributed by atoms with van der Waals surface area (Å²) in [6.45, 7) is 11.5. The summed E-state index contributed by atoms with van der Waals surface area (Å²) in [7, 11) is -1.69. The molecule has 18 heavy (non-hydrogen) atoms. The second kappa shape index (κ2) is 6.53. The van der Waals surface area contributed by atoms with Crippen LogP contribution < -0.4 is 0 Å². The molecule has 3 heteroatoms. The van der Waals surface area contributed by atoms with Crippen molar-refractivity contribution in [1.82, 2.24) is 0 Å². The third-order valence-corrected chi connectivity index (χ3v) is 8.89. The maximum absolute atomic E-state index is 6.56. The fourth-order valence-electron chi connectivity index (χ4n) is 1.59. The molecular formula is C15H25IOSi. The van der Waals surface area contributed by atoms with Gasteiger partial charge in [0.15, 0.2) is 8.32 Å². The third kappa shape index (κ3) is 4.35. The molecule has 0 spiro atoms. The summed E-state index contributed by atoms with van der Waals surface area (Å²) in [5.74, 6) is 0. The summed E-state index contributed by atoms with van der Waals surface area (Å²) < 4.78 is 7.69. The Morgan fingerprint density at radius 3 is 2.17 bits per heavy atom. The van der Waals surface area contributed by atoms with E-state index in [4.69, 9.17) is 4.43 Å². The zero-order valence-electron chi connectivity index (χ0n) is 12.2. The normalized spacial score (nSPS) is 14.6. The molecule has 0 aliphatic carbocycles. The quantitative estimate of drug-likeness (QED) is 0.371. The lowest BCUT2D eigenvalue weighted by atomic mass is 10.1. The van der Waals surface area contributed by atoms with Crippen LogP contribution in [0.5, 0.6) is 0 Å². The Labute approximate surface area is 127 Å². The van der Waals surface area contributed by atoms with Gasteiger partial charge in [-0.15, -0.1) is 0 Å². The lowest BCUT2D eigenvalue weighted by molar-refractivity contribution is 0.181. The van der Waals surface area contributed by atoms with Crippen molar-refractivity contribution in [3.05, 3.63) is 35.9 Å². The molecule has 0 aromatic heterocycles. The standard InChI is InChI=1S/C15H25IOSi/c1-15(2,3)18(4,5)17-14(11-12-16)13-9-7-6-8-10-13/h6-10,14H,11-12H2,1-5H3. The van der Waals surface area contributed by atoms with Gasteiger partial charge in [0.1, 0.15) is 0 Å². The van der Waals surface area contributed by atoms with Crippen molar-refractivity contribution >= 4 is 30.9 Å². The summed E-state index contributed by atoms with van der Waals surface area (Å²) in [5.41, 5.74) is 1.32. The molecule has 1 aromatic rings. The highest BCUT2D eigenvalue weighted by Crippen LogP contribution is 2.40. The lowest BCUT2D eigenvalue weighted by Crippen LogP contribution is -2.41. The molecule has 0 N–H and O–H groups in total. The summed E-state index contributed by atoms with van der Waals surface area (Å²) in [6, 6.07) is 10.6. The second-order valence-electron chi connectivity index (χ2n) is 6.26. The molecule has 0 aliphatic heterocycles. The second-order valence-corrected chi connectivity index (χ2v) is 12.1. The van der Waals surface area contributed by atoms with Crippen molar-refractivity contribution in [2.45, 2.75) is 51.4 Å². The fraction of sp³-hybridized carbons (Fsp3) is 0.600. The maximum Gasteiger partial charge on any atom is 0.192 e. The van der Waals surface area contributed by atoms with Crippen molar-refractivity contribution < 1.29 is 4.43 Å². The van der Waals surface area contributed by atoms with Gasteiger partial charge in [-0.1, -0.05) is 73.7 Å². The first-order valence-electron chi connectivity index (χ1n) is 6.56. The van der Waals surface area contributed by atoms with Crippen molar-refractivity contribution in [1.29, 1.82) is 0 Å². The molecule has 102 valence electrons. The van der Waals surface area contributed by atoms with E-state index in [1.807, 2.05) is 0 Å². The van der Waals surface area contributed by atoms with Crippen LogP contribution >= 0.6 is 22.6 Å². The monoisotopic (exact) mass is 376 g/mol. The molecule has 1 atom stereocenters. The van der Waals surface area contributed by atoms with Crippen LogP contribution in [0.4, 0.5) is 0 Å². The number of rotatable bonds is 5. The first kappa shape index (κ1) is 16.2. The maximum atomic E-state index is 6.56. The topological polar surface area (TPSA) is 9.23 Å². The molecule has 0 bridgehead atoms. The Balaban J connectivity index is 2.88. The van der Waals surface area contributed by atoms with E-state index in [1.165, 1.54) is 5.56 Å². The Bertz CT molecular complexity index is 357. The predicted octanol–water partition coefficient (Wildman–Crippen LogP) is 5.57. The van der Waals surface area contributed by atoms with Crippen LogP contribution in [0.1, 0.15) is 38.9 Å². The number of hydrogen-bond acceptors (Lipinski definition) is 1. The highest BCUT2D eigenvalue weighted by molar-refractivity contribution is 14.1. The SMILES string of the molecule is CC(C)(C)[Si](C)(C)OC(CCI)c1ccccc1. The Morgan fingerprint density at radius 1 is 1.17 bits per heavy atom. The Hall–Kier alpha value is 0.127. The lowest BCUT2D eigenvalue weighted by Gasteiger charge is -2.39. The van der Waals surface area contributed by atoms with Gasteiger partial charge in [-0.25, -0.2) is 0 Å². The van der Waals surface area contributed by atoms with Gasteiger partial charge in [0.25, 0.3) is 0 Å². The van der Waals surface area contributed by atoms with E-state index in [1.54, 1.807) is 0 Å². The van der Waals surface area contributed by atoms with Gasteiger partial charge < -0.3 is 4.43 Å². The molecule has 0 saturated carbocycles. The fourth-order valence-corrected chi connectivity index (χ4v) is 3.48. The summed E-state index contributed by atoms with van der Waals surface area (Å²) in [6.07, 6.45) is 1.35. The zero-order chi connectivity index (χ0) is 13.8. The van der Waals surface area contributed by atoms with Gasteiger partial charge in [-0.3, -0.25) is 0 Å².